The SMILES string of the molecule is Cc1ccccc1OCc1c(C(=O)Nc2ccc(F)c(F)c2)noc1C. The molecule has 0 aliphatic rings. The molecule has 3 aromatic rings. The molecule has 1 heterocycles. The second-order valence-corrected chi connectivity index (χ2v) is 5.70. The van der Waals surface area contributed by atoms with E-state index in [0.717, 1.165) is 17.7 Å². The fraction of sp³-hybridized carbons (Fsp3) is 0.158. The van der Waals surface area contributed by atoms with Gasteiger partial charge >= 0.3 is 0 Å². The summed E-state index contributed by atoms with van der Waals surface area (Å²) in [4.78, 5) is 12.4. The standard InChI is InChI=1S/C19H16F2N2O3/c1-11-5-3-4-6-17(11)25-10-14-12(2)26-23-18(14)19(24)22-13-7-8-15(20)16(21)9-13/h3-9H,10H2,1-2H3,(H,22,24). The monoisotopic (exact) mass is 358 g/mol. The fourth-order valence-electron chi connectivity index (χ4n) is 2.37. The van der Waals surface area contributed by atoms with Crippen molar-refractivity contribution in [3.05, 3.63) is 76.7 Å². The Balaban J connectivity index is 1.77. The van der Waals surface area contributed by atoms with Gasteiger partial charge in [0.1, 0.15) is 18.1 Å². The zero-order chi connectivity index (χ0) is 18.7. The molecule has 7 heteroatoms. The van der Waals surface area contributed by atoms with Gasteiger partial charge in [-0.15, -0.1) is 0 Å². The smallest absolute Gasteiger partial charge is 0.278 e. The number of carbonyl (C=O) groups is 1. The lowest BCUT2D eigenvalue weighted by molar-refractivity contribution is 0.101. The van der Waals surface area contributed by atoms with E-state index in [4.69, 9.17) is 9.26 Å². The van der Waals surface area contributed by atoms with E-state index < -0.39 is 17.5 Å². The third-order valence-electron chi connectivity index (χ3n) is 3.84. The highest BCUT2D eigenvalue weighted by molar-refractivity contribution is 6.03. The van der Waals surface area contributed by atoms with Gasteiger partial charge in [0, 0.05) is 11.8 Å². The van der Waals surface area contributed by atoms with Crippen LogP contribution in [-0.2, 0) is 6.61 Å². The van der Waals surface area contributed by atoms with Crippen LogP contribution >= 0.6 is 0 Å². The minimum Gasteiger partial charge on any atom is -0.488 e. The highest BCUT2D eigenvalue weighted by Crippen LogP contribution is 2.22. The fourth-order valence-corrected chi connectivity index (χ4v) is 2.37. The van der Waals surface area contributed by atoms with Crippen molar-refractivity contribution < 1.29 is 22.8 Å². The number of hydrogen-bond donors (Lipinski definition) is 1. The molecule has 0 saturated heterocycles. The van der Waals surface area contributed by atoms with E-state index >= 15 is 0 Å². The third kappa shape index (κ3) is 3.72. The van der Waals surface area contributed by atoms with Crippen LogP contribution in [0.1, 0.15) is 27.4 Å². The molecule has 0 saturated carbocycles. The number of hydrogen-bond acceptors (Lipinski definition) is 4. The van der Waals surface area contributed by atoms with Crippen LogP contribution in [0.3, 0.4) is 0 Å². The van der Waals surface area contributed by atoms with Gasteiger partial charge in [-0.3, -0.25) is 4.79 Å². The molecule has 0 radical (unpaired) electrons. The molecule has 0 unspecified atom stereocenters. The molecule has 0 spiro atoms. The van der Waals surface area contributed by atoms with E-state index in [1.54, 1.807) is 6.92 Å². The van der Waals surface area contributed by atoms with Crippen molar-refractivity contribution in [3.63, 3.8) is 0 Å². The first-order chi connectivity index (χ1) is 12.5. The lowest BCUT2D eigenvalue weighted by Gasteiger charge is -2.09. The molecule has 3 rings (SSSR count). The van der Waals surface area contributed by atoms with E-state index in [1.165, 1.54) is 6.07 Å². The number of rotatable bonds is 5. The molecule has 0 aliphatic carbocycles. The van der Waals surface area contributed by atoms with Gasteiger partial charge in [-0.25, -0.2) is 8.78 Å². The minimum absolute atomic E-state index is 0.0285. The second kappa shape index (κ2) is 7.35. The van der Waals surface area contributed by atoms with E-state index in [0.29, 0.717) is 17.1 Å². The Kier molecular flexibility index (Phi) is 4.97. The number of nitrogens with one attached hydrogen (secondary N) is 1. The van der Waals surface area contributed by atoms with Crippen LogP contribution in [0.25, 0.3) is 0 Å². The zero-order valence-corrected chi connectivity index (χ0v) is 14.2. The highest BCUT2D eigenvalue weighted by Gasteiger charge is 2.21. The molecule has 26 heavy (non-hydrogen) atoms. The lowest BCUT2D eigenvalue weighted by atomic mass is 10.2. The van der Waals surface area contributed by atoms with Crippen LogP contribution < -0.4 is 10.1 Å². The molecule has 134 valence electrons. The van der Waals surface area contributed by atoms with Crippen molar-refractivity contribution in [2.45, 2.75) is 20.5 Å². The molecular formula is C19H16F2N2O3. The summed E-state index contributed by atoms with van der Waals surface area (Å²) >= 11 is 0. The molecule has 0 fully saturated rings. The van der Waals surface area contributed by atoms with Crippen molar-refractivity contribution in [1.29, 1.82) is 0 Å². The number of nitrogens with zero attached hydrogens (tertiary/aromatic N) is 1. The van der Waals surface area contributed by atoms with Gasteiger partial charge in [0.15, 0.2) is 17.3 Å². The van der Waals surface area contributed by atoms with Crippen LogP contribution in [0.15, 0.2) is 47.0 Å². The van der Waals surface area contributed by atoms with Gasteiger partial charge in [-0.1, -0.05) is 23.4 Å². The average Bonchev–Trinajstić information content (AvgIpc) is 2.98. The first-order valence-electron chi connectivity index (χ1n) is 7.85. The summed E-state index contributed by atoms with van der Waals surface area (Å²) in [6, 6.07) is 10.6. The van der Waals surface area contributed by atoms with Gasteiger partial charge in [0.05, 0.1) is 5.56 Å². The number of aromatic nitrogens is 1. The normalized spacial score (nSPS) is 10.6. The molecule has 0 aliphatic heterocycles. The first-order valence-corrected chi connectivity index (χ1v) is 7.85. The summed E-state index contributed by atoms with van der Waals surface area (Å²) in [6.45, 7) is 3.66. The van der Waals surface area contributed by atoms with Gasteiger partial charge in [0.2, 0.25) is 0 Å². The van der Waals surface area contributed by atoms with Crippen molar-refractivity contribution in [1.82, 2.24) is 5.16 Å². The predicted octanol–water partition coefficient (Wildman–Crippen LogP) is 4.40. The van der Waals surface area contributed by atoms with Crippen molar-refractivity contribution in [3.8, 4) is 5.75 Å². The Morgan fingerprint density at radius 2 is 1.92 bits per heavy atom. The quantitative estimate of drug-likeness (QED) is 0.734. The van der Waals surface area contributed by atoms with Crippen LogP contribution in [0, 0.1) is 25.5 Å². The van der Waals surface area contributed by atoms with Crippen LogP contribution in [0.2, 0.25) is 0 Å². The number of benzene rings is 2. The van der Waals surface area contributed by atoms with E-state index in [1.807, 2.05) is 31.2 Å². The van der Waals surface area contributed by atoms with Crippen molar-refractivity contribution >= 4 is 11.6 Å². The number of para-hydroxylation sites is 1. The Hall–Kier alpha value is -3.22. The summed E-state index contributed by atoms with van der Waals surface area (Å²) in [6.07, 6.45) is 0. The maximum Gasteiger partial charge on any atom is 0.278 e. The minimum atomic E-state index is -1.05. The Labute approximate surface area is 148 Å². The van der Waals surface area contributed by atoms with Crippen molar-refractivity contribution in [2.24, 2.45) is 0 Å². The Morgan fingerprint density at radius 3 is 2.65 bits per heavy atom. The zero-order valence-electron chi connectivity index (χ0n) is 14.2. The Morgan fingerprint density at radius 1 is 1.15 bits per heavy atom. The van der Waals surface area contributed by atoms with Gasteiger partial charge < -0.3 is 14.6 Å². The van der Waals surface area contributed by atoms with Crippen LogP contribution in [-0.4, -0.2) is 11.1 Å². The summed E-state index contributed by atoms with van der Waals surface area (Å²) in [5.74, 6) is -1.53. The van der Waals surface area contributed by atoms with Gasteiger partial charge in [-0.05, 0) is 37.6 Å². The molecule has 1 N–H and O–H groups in total. The number of ether oxygens (including phenoxy) is 1. The average molecular weight is 358 g/mol. The Bertz CT molecular complexity index is 954. The highest BCUT2D eigenvalue weighted by atomic mass is 19.2. The van der Waals surface area contributed by atoms with E-state index in [-0.39, 0.29) is 18.0 Å². The molecular weight excluding hydrogens is 342 g/mol. The lowest BCUT2D eigenvalue weighted by Crippen LogP contribution is -2.15. The summed E-state index contributed by atoms with van der Waals surface area (Å²) in [5, 5.41) is 6.22. The molecule has 1 aromatic heterocycles. The summed E-state index contributed by atoms with van der Waals surface area (Å²) < 4.78 is 37.1. The number of amides is 1. The number of aryl methyl sites for hydroxylation is 2. The largest absolute Gasteiger partial charge is 0.488 e. The summed E-state index contributed by atoms with van der Waals surface area (Å²) in [5.41, 5.74) is 1.57. The number of carbonyl (C=O) groups excluding carboxylic acids is 1. The molecule has 5 nitrogen and oxygen atoms in total. The molecule has 0 atom stereocenters. The summed E-state index contributed by atoms with van der Waals surface area (Å²) in [7, 11) is 0. The van der Waals surface area contributed by atoms with Crippen LogP contribution in [0.4, 0.5) is 14.5 Å². The maximum absolute atomic E-state index is 13.3. The van der Waals surface area contributed by atoms with Crippen LogP contribution in [0.5, 0.6) is 5.75 Å². The van der Waals surface area contributed by atoms with E-state index in [9.17, 15) is 13.6 Å². The molecule has 2 aromatic carbocycles. The topological polar surface area (TPSA) is 64.4 Å². The van der Waals surface area contributed by atoms with Gasteiger partial charge in [-0.2, -0.15) is 0 Å². The third-order valence-corrected chi connectivity index (χ3v) is 3.84. The van der Waals surface area contributed by atoms with Crippen molar-refractivity contribution in [2.75, 3.05) is 5.32 Å². The second-order valence-electron chi connectivity index (χ2n) is 5.70. The van der Waals surface area contributed by atoms with Gasteiger partial charge in [0.25, 0.3) is 5.91 Å². The van der Waals surface area contributed by atoms with E-state index in [2.05, 4.69) is 10.5 Å². The number of anilines is 1. The number of halogens is 2. The predicted molar refractivity (Wildman–Crippen MR) is 91.1 cm³/mol. The molecule has 1 amide bonds. The molecule has 0 bridgehead atoms. The first kappa shape index (κ1) is 17.6. The maximum atomic E-state index is 13.3.